The second-order valence-electron chi connectivity index (χ2n) is 6.33. The van der Waals surface area contributed by atoms with E-state index in [1.54, 1.807) is 18.2 Å². The molecule has 154 valence electrons. The minimum atomic E-state index is -0.955. The summed E-state index contributed by atoms with van der Waals surface area (Å²) >= 11 is 0. The highest BCUT2D eigenvalue weighted by atomic mass is 16.5. The van der Waals surface area contributed by atoms with Gasteiger partial charge in [-0.2, -0.15) is 0 Å². The van der Waals surface area contributed by atoms with Gasteiger partial charge in [-0.3, -0.25) is 14.4 Å². The molecule has 0 saturated heterocycles. The van der Waals surface area contributed by atoms with Crippen molar-refractivity contribution in [1.29, 1.82) is 0 Å². The van der Waals surface area contributed by atoms with E-state index in [1.165, 1.54) is 33.3 Å². The summed E-state index contributed by atoms with van der Waals surface area (Å²) in [4.78, 5) is 36.7. The molecular formula is C22H25NO6. The summed E-state index contributed by atoms with van der Waals surface area (Å²) in [6.45, 7) is 3.16. The van der Waals surface area contributed by atoms with Crippen LogP contribution in [-0.4, -0.2) is 44.5 Å². The van der Waals surface area contributed by atoms with Crippen molar-refractivity contribution in [3.8, 4) is 11.5 Å². The number of methoxy groups -OCH3 is 2. The van der Waals surface area contributed by atoms with E-state index in [9.17, 15) is 14.4 Å². The minimum Gasteiger partial charge on any atom is -0.497 e. The van der Waals surface area contributed by atoms with Gasteiger partial charge in [0, 0.05) is 17.2 Å². The summed E-state index contributed by atoms with van der Waals surface area (Å²) < 4.78 is 15.4. The molecule has 0 unspecified atom stereocenters. The molecule has 0 fully saturated rings. The molecule has 0 radical (unpaired) electrons. The summed E-state index contributed by atoms with van der Waals surface area (Å²) in [7, 11) is 2.95. The van der Waals surface area contributed by atoms with Crippen LogP contribution in [0.3, 0.4) is 0 Å². The van der Waals surface area contributed by atoms with E-state index >= 15 is 0 Å². The Balaban J connectivity index is 1.91. The summed E-state index contributed by atoms with van der Waals surface area (Å²) in [5, 5.41) is 2.46. The van der Waals surface area contributed by atoms with Gasteiger partial charge in [-0.1, -0.05) is 31.2 Å². The Morgan fingerprint density at radius 3 is 2.03 bits per heavy atom. The third kappa shape index (κ3) is 6.07. The van der Waals surface area contributed by atoms with E-state index in [4.69, 9.17) is 14.2 Å². The zero-order valence-electron chi connectivity index (χ0n) is 17.0. The lowest BCUT2D eigenvalue weighted by Crippen LogP contribution is -2.34. The number of ether oxygens (including phenoxy) is 3. The second kappa shape index (κ2) is 10.3. The Bertz CT molecular complexity index is 853. The van der Waals surface area contributed by atoms with Gasteiger partial charge in [0.15, 0.2) is 6.10 Å². The highest BCUT2D eigenvalue weighted by Crippen LogP contribution is 2.22. The van der Waals surface area contributed by atoms with E-state index in [2.05, 4.69) is 5.32 Å². The predicted molar refractivity (Wildman–Crippen MR) is 108 cm³/mol. The van der Waals surface area contributed by atoms with Gasteiger partial charge in [0.1, 0.15) is 18.0 Å². The number of carbonyl (C=O) groups excluding carboxylic acids is 3. The molecule has 1 N–H and O–H groups in total. The van der Waals surface area contributed by atoms with Gasteiger partial charge < -0.3 is 19.5 Å². The van der Waals surface area contributed by atoms with Gasteiger partial charge in [0.25, 0.3) is 5.91 Å². The minimum absolute atomic E-state index is 0.272. The number of benzene rings is 2. The normalized spacial score (nSPS) is 11.3. The molecule has 0 spiro atoms. The molecule has 7 heteroatoms. The second-order valence-corrected chi connectivity index (χ2v) is 6.33. The van der Waals surface area contributed by atoms with Crippen LogP contribution < -0.4 is 14.8 Å². The molecule has 0 aliphatic heterocycles. The Labute approximate surface area is 170 Å². The Kier molecular flexibility index (Phi) is 7.77. The van der Waals surface area contributed by atoms with Gasteiger partial charge in [0.05, 0.1) is 14.2 Å². The fourth-order valence-corrected chi connectivity index (χ4v) is 2.62. The smallest absolute Gasteiger partial charge is 0.326 e. The molecular weight excluding hydrogens is 374 g/mol. The lowest BCUT2D eigenvalue weighted by Gasteiger charge is -2.13. The summed E-state index contributed by atoms with van der Waals surface area (Å²) in [5.41, 5.74) is 1.85. The monoisotopic (exact) mass is 399 g/mol. The van der Waals surface area contributed by atoms with Gasteiger partial charge in [-0.25, -0.2) is 0 Å². The van der Waals surface area contributed by atoms with Gasteiger partial charge in [-0.15, -0.1) is 0 Å². The molecule has 0 aromatic heterocycles. The number of ketones is 1. The first kappa shape index (κ1) is 21.9. The molecule has 1 atom stereocenters. The fourth-order valence-electron chi connectivity index (χ4n) is 2.62. The molecule has 29 heavy (non-hydrogen) atoms. The molecule has 2 rings (SSSR count). The van der Waals surface area contributed by atoms with Crippen molar-refractivity contribution in [2.24, 2.45) is 0 Å². The van der Waals surface area contributed by atoms with Crippen molar-refractivity contribution in [2.75, 3.05) is 20.8 Å². The third-order valence-electron chi connectivity index (χ3n) is 4.33. The first-order valence-corrected chi connectivity index (χ1v) is 9.21. The number of hydrogen-bond acceptors (Lipinski definition) is 6. The van der Waals surface area contributed by atoms with Gasteiger partial charge in [-0.05, 0) is 31.0 Å². The number of amides is 1. The van der Waals surface area contributed by atoms with Crippen LogP contribution in [0.1, 0.15) is 40.1 Å². The molecule has 0 aliphatic rings. The third-order valence-corrected chi connectivity index (χ3v) is 4.33. The number of esters is 1. The topological polar surface area (TPSA) is 90.9 Å². The van der Waals surface area contributed by atoms with E-state index in [1.807, 2.05) is 19.1 Å². The maximum absolute atomic E-state index is 12.4. The van der Waals surface area contributed by atoms with Crippen LogP contribution in [0.5, 0.6) is 11.5 Å². The van der Waals surface area contributed by atoms with E-state index in [0.717, 1.165) is 12.0 Å². The molecule has 2 aromatic carbocycles. The molecule has 0 saturated carbocycles. The molecule has 0 aliphatic carbocycles. The fraction of sp³-hybridized carbons (Fsp3) is 0.318. The number of carbonyl (C=O) groups is 3. The number of rotatable bonds is 9. The number of aryl methyl sites for hydroxylation is 1. The van der Waals surface area contributed by atoms with E-state index in [0.29, 0.717) is 17.1 Å². The molecule has 1 amide bonds. The maximum Gasteiger partial charge on any atom is 0.326 e. The Morgan fingerprint density at radius 2 is 1.52 bits per heavy atom. The highest BCUT2D eigenvalue weighted by Gasteiger charge is 2.20. The average Bonchev–Trinajstić information content (AvgIpc) is 2.76. The quantitative estimate of drug-likeness (QED) is 0.515. The van der Waals surface area contributed by atoms with Crippen LogP contribution in [-0.2, 0) is 16.0 Å². The van der Waals surface area contributed by atoms with E-state index < -0.39 is 18.0 Å². The van der Waals surface area contributed by atoms with Crippen molar-refractivity contribution in [2.45, 2.75) is 26.4 Å². The van der Waals surface area contributed by atoms with Crippen LogP contribution in [0.2, 0.25) is 0 Å². The van der Waals surface area contributed by atoms with Crippen LogP contribution in [0.15, 0.2) is 42.5 Å². The van der Waals surface area contributed by atoms with E-state index in [-0.39, 0.29) is 17.9 Å². The average molecular weight is 399 g/mol. The van der Waals surface area contributed by atoms with Crippen LogP contribution in [0, 0.1) is 0 Å². The molecule has 0 bridgehead atoms. The SMILES string of the molecule is CCc1ccc(C(=O)[C@H](C)OC(=O)CNC(=O)c2cc(OC)cc(OC)c2)cc1. The van der Waals surface area contributed by atoms with Crippen LogP contribution in [0.4, 0.5) is 0 Å². The zero-order valence-corrected chi connectivity index (χ0v) is 17.0. The first-order chi connectivity index (χ1) is 13.9. The predicted octanol–water partition coefficient (Wildman–Crippen LogP) is 2.81. The lowest BCUT2D eigenvalue weighted by atomic mass is 10.0. The first-order valence-electron chi connectivity index (χ1n) is 9.21. The van der Waals surface area contributed by atoms with Crippen molar-refractivity contribution >= 4 is 17.7 Å². The van der Waals surface area contributed by atoms with Crippen molar-refractivity contribution in [3.05, 3.63) is 59.2 Å². The van der Waals surface area contributed by atoms with Gasteiger partial charge in [0.2, 0.25) is 5.78 Å². The molecule has 2 aromatic rings. The van der Waals surface area contributed by atoms with Crippen molar-refractivity contribution in [3.63, 3.8) is 0 Å². The Hall–Kier alpha value is -3.35. The lowest BCUT2D eigenvalue weighted by molar-refractivity contribution is -0.145. The summed E-state index contributed by atoms with van der Waals surface area (Å²) in [6, 6.07) is 11.8. The number of nitrogens with one attached hydrogen (secondary N) is 1. The Morgan fingerprint density at radius 1 is 0.931 bits per heavy atom. The number of Topliss-reactive ketones (excluding diaryl/α,β-unsaturated/α-hetero) is 1. The largest absolute Gasteiger partial charge is 0.497 e. The molecule has 0 heterocycles. The summed E-state index contributed by atoms with van der Waals surface area (Å²) in [5.74, 6) is -0.604. The standard InChI is InChI=1S/C22H25NO6/c1-5-15-6-8-16(9-7-15)21(25)14(2)29-20(24)13-23-22(26)17-10-18(27-3)12-19(11-17)28-4/h6-12,14H,5,13H2,1-4H3,(H,23,26)/t14-/m0/s1. The highest BCUT2D eigenvalue weighted by molar-refractivity contribution is 6.00. The maximum atomic E-state index is 12.4. The van der Waals surface area contributed by atoms with Crippen LogP contribution >= 0.6 is 0 Å². The zero-order chi connectivity index (χ0) is 21.4. The van der Waals surface area contributed by atoms with Crippen LogP contribution in [0.25, 0.3) is 0 Å². The van der Waals surface area contributed by atoms with Crippen molar-refractivity contribution < 1.29 is 28.6 Å². The molecule has 7 nitrogen and oxygen atoms in total. The van der Waals surface area contributed by atoms with Gasteiger partial charge >= 0.3 is 5.97 Å². The number of hydrogen-bond donors (Lipinski definition) is 1. The van der Waals surface area contributed by atoms with Crippen molar-refractivity contribution in [1.82, 2.24) is 5.32 Å². The summed E-state index contributed by atoms with van der Waals surface area (Å²) in [6.07, 6.45) is -0.0819.